The number of amides is 1. The Hall–Kier alpha value is -3.62. The number of carbonyl (C=O) groups excluding carboxylic acids is 1. The molecule has 3 aromatic rings. The first-order valence-corrected chi connectivity index (χ1v) is 14.4. The third kappa shape index (κ3) is 6.92. The topological polar surface area (TPSA) is 158 Å². The van der Waals surface area contributed by atoms with Crippen molar-refractivity contribution in [2.45, 2.75) is 18.4 Å². The van der Waals surface area contributed by atoms with Crippen LogP contribution in [0.5, 0.6) is 5.75 Å². The second kappa shape index (κ2) is 13.6. The molecule has 3 heterocycles. The minimum absolute atomic E-state index is 0.0436. The van der Waals surface area contributed by atoms with Crippen LogP contribution >= 0.6 is 0 Å². The lowest BCUT2D eigenvalue weighted by Crippen LogP contribution is -2.34. The lowest BCUT2D eigenvalue weighted by atomic mass is 10.1. The van der Waals surface area contributed by atoms with Gasteiger partial charge in [0, 0.05) is 30.8 Å². The Balaban J connectivity index is 1.69. The molecule has 4 N–H and O–H groups in total. The SMILES string of the molecule is CCN1CCOCCOCCOc2c(CNC)cccc2NC(=O)c2nc(cnc2N)-c2ccc(cc2)S1(=O)=O. The summed E-state index contributed by atoms with van der Waals surface area (Å²) in [4.78, 5) is 22.0. The van der Waals surface area contributed by atoms with E-state index in [1.54, 1.807) is 25.1 Å². The molecule has 5 rings (SSSR count). The van der Waals surface area contributed by atoms with E-state index in [2.05, 4.69) is 20.6 Å². The fourth-order valence-electron chi connectivity index (χ4n) is 4.16. The highest BCUT2D eigenvalue weighted by Gasteiger charge is 2.23. The predicted octanol–water partition coefficient (Wildman–Crippen LogP) is 2.13. The molecule has 40 heavy (non-hydrogen) atoms. The molecule has 0 saturated carbocycles. The van der Waals surface area contributed by atoms with Gasteiger partial charge >= 0.3 is 0 Å². The van der Waals surface area contributed by atoms with Crippen LogP contribution in [-0.4, -0.2) is 81.8 Å². The van der Waals surface area contributed by atoms with E-state index in [0.29, 0.717) is 49.0 Å². The zero-order valence-electron chi connectivity index (χ0n) is 22.6. The first-order valence-electron chi connectivity index (χ1n) is 12.9. The van der Waals surface area contributed by atoms with Crippen molar-refractivity contribution in [2.75, 3.05) is 64.2 Å². The van der Waals surface area contributed by atoms with Crippen LogP contribution in [0.1, 0.15) is 23.0 Å². The van der Waals surface area contributed by atoms with Crippen LogP contribution in [0.4, 0.5) is 11.5 Å². The third-order valence-corrected chi connectivity index (χ3v) is 8.19. The van der Waals surface area contributed by atoms with Gasteiger partial charge < -0.3 is 30.6 Å². The largest absolute Gasteiger partial charge is 0.489 e. The van der Waals surface area contributed by atoms with E-state index >= 15 is 0 Å². The molecule has 13 heteroatoms. The van der Waals surface area contributed by atoms with Crippen LogP contribution in [0, 0.1) is 0 Å². The molecule has 1 amide bonds. The monoisotopic (exact) mass is 570 g/mol. The van der Waals surface area contributed by atoms with Crippen molar-refractivity contribution in [1.29, 1.82) is 0 Å². The summed E-state index contributed by atoms with van der Waals surface area (Å²) in [6.45, 7) is 4.17. The van der Waals surface area contributed by atoms with Crippen LogP contribution in [0.25, 0.3) is 11.3 Å². The number of para-hydroxylation sites is 1. The quantitative estimate of drug-likeness (QED) is 0.398. The molecule has 0 fully saturated rings. The van der Waals surface area contributed by atoms with Gasteiger partial charge in [0.05, 0.1) is 48.9 Å². The number of nitrogen functional groups attached to an aromatic ring is 1. The molecule has 214 valence electrons. The third-order valence-electron chi connectivity index (χ3n) is 6.20. The fraction of sp³-hybridized carbons (Fsp3) is 0.370. The lowest BCUT2D eigenvalue weighted by molar-refractivity contribution is 0.0340. The number of aromatic nitrogens is 2. The number of nitrogens with two attached hydrogens (primary N) is 1. The molecular weight excluding hydrogens is 536 g/mol. The molecule has 2 aromatic carbocycles. The molecule has 0 unspecified atom stereocenters. The average molecular weight is 571 g/mol. The molecule has 0 aliphatic carbocycles. The number of sulfonamides is 1. The predicted molar refractivity (Wildman–Crippen MR) is 151 cm³/mol. The zero-order valence-corrected chi connectivity index (χ0v) is 23.4. The van der Waals surface area contributed by atoms with Gasteiger partial charge in [-0.3, -0.25) is 4.79 Å². The van der Waals surface area contributed by atoms with Crippen molar-refractivity contribution < 1.29 is 27.4 Å². The molecule has 2 aliphatic heterocycles. The van der Waals surface area contributed by atoms with E-state index in [0.717, 1.165) is 5.56 Å². The summed E-state index contributed by atoms with van der Waals surface area (Å²) < 4.78 is 45.0. The van der Waals surface area contributed by atoms with E-state index in [1.165, 1.54) is 22.6 Å². The summed E-state index contributed by atoms with van der Waals surface area (Å²) in [7, 11) is -1.91. The Morgan fingerprint density at radius 1 is 1.05 bits per heavy atom. The van der Waals surface area contributed by atoms with Gasteiger partial charge in [-0.2, -0.15) is 4.31 Å². The number of carbonyl (C=O) groups is 1. The summed E-state index contributed by atoms with van der Waals surface area (Å²) in [5.74, 6) is -0.101. The van der Waals surface area contributed by atoms with E-state index in [1.807, 2.05) is 19.2 Å². The highest BCUT2D eigenvalue weighted by Crippen LogP contribution is 2.30. The zero-order chi connectivity index (χ0) is 28.5. The summed E-state index contributed by atoms with van der Waals surface area (Å²) in [6, 6.07) is 11.7. The Morgan fingerprint density at radius 3 is 2.50 bits per heavy atom. The minimum Gasteiger partial charge on any atom is -0.489 e. The van der Waals surface area contributed by atoms with Crippen molar-refractivity contribution in [3.63, 3.8) is 0 Å². The van der Waals surface area contributed by atoms with Gasteiger partial charge in [0.15, 0.2) is 11.5 Å². The van der Waals surface area contributed by atoms with Gasteiger partial charge in [0.25, 0.3) is 5.91 Å². The summed E-state index contributed by atoms with van der Waals surface area (Å²) in [5, 5.41) is 5.94. The first kappa shape index (κ1) is 29.4. The second-order valence-electron chi connectivity index (χ2n) is 8.86. The molecule has 0 saturated heterocycles. The number of nitrogens with zero attached hydrogens (tertiary/aromatic N) is 3. The molecule has 0 radical (unpaired) electrons. The molecule has 0 atom stereocenters. The van der Waals surface area contributed by atoms with Gasteiger partial charge in [-0.05, 0) is 25.2 Å². The van der Waals surface area contributed by atoms with Crippen molar-refractivity contribution in [3.8, 4) is 17.0 Å². The van der Waals surface area contributed by atoms with Gasteiger partial charge in [0.2, 0.25) is 10.0 Å². The van der Waals surface area contributed by atoms with Crippen LogP contribution in [0.3, 0.4) is 0 Å². The maximum atomic E-state index is 13.3. The summed E-state index contributed by atoms with van der Waals surface area (Å²) >= 11 is 0. The number of anilines is 2. The number of ether oxygens (including phenoxy) is 3. The van der Waals surface area contributed by atoms with Gasteiger partial charge in [-0.15, -0.1) is 0 Å². The number of hydrogen-bond acceptors (Lipinski definition) is 10. The smallest absolute Gasteiger partial charge is 0.278 e. The lowest BCUT2D eigenvalue weighted by Gasteiger charge is -2.21. The molecule has 4 bridgehead atoms. The number of benzene rings is 2. The van der Waals surface area contributed by atoms with Crippen LogP contribution in [0.2, 0.25) is 0 Å². The van der Waals surface area contributed by atoms with E-state index in [4.69, 9.17) is 19.9 Å². The van der Waals surface area contributed by atoms with Crippen LogP contribution in [-0.2, 0) is 26.0 Å². The van der Waals surface area contributed by atoms with Crippen LogP contribution < -0.4 is 21.1 Å². The normalized spacial score (nSPS) is 17.1. The summed E-state index contributed by atoms with van der Waals surface area (Å²) in [6.07, 6.45) is 1.44. The Morgan fingerprint density at radius 2 is 1.77 bits per heavy atom. The Kier molecular flexibility index (Phi) is 10.0. The molecule has 12 nitrogen and oxygen atoms in total. The number of likely N-dealkylation sites (N-methyl/N-ethyl adjacent to an activating group) is 1. The maximum absolute atomic E-state index is 13.3. The molecule has 0 spiro atoms. The van der Waals surface area contributed by atoms with Crippen molar-refractivity contribution in [1.82, 2.24) is 19.6 Å². The van der Waals surface area contributed by atoms with Crippen LogP contribution in [0.15, 0.2) is 53.6 Å². The molecule has 2 aliphatic rings. The highest BCUT2D eigenvalue weighted by molar-refractivity contribution is 7.89. The van der Waals surface area contributed by atoms with E-state index in [9.17, 15) is 13.2 Å². The molecular formula is C27H34N6O6S. The first-order chi connectivity index (χ1) is 19.3. The van der Waals surface area contributed by atoms with E-state index in [-0.39, 0.29) is 42.8 Å². The second-order valence-corrected chi connectivity index (χ2v) is 10.8. The molecule has 1 aromatic heterocycles. The number of rotatable bonds is 3. The number of nitrogens with one attached hydrogen (secondary N) is 2. The summed E-state index contributed by atoms with van der Waals surface area (Å²) in [5.41, 5.74) is 8.20. The van der Waals surface area contributed by atoms with Gasteiger partial charge in [-0.25, -0.2) is 18.4 Å². The fourth-order valence-corrected chi connectivity index (χ4v) is 5.59. The van der Waals surface area contributed by atoms with E-state index < -0.39 is 15.9 Å². The number of fused-ring (bicyclic) bond motifs is 13. The van der Waals surface area contributed by atoms with Gasteiger partial charge in [-0.1, -0.05) is 31.2 Å². The van der Waals surface area contributed by atoms with Crippen molar-refractivity contribution in [2.24, 2.45) is 0 Å². The van der Waals surface area contributed by atoms with Crippen molar-refractivity contribution in [3.05, 3.63) is 59.9 Å². The number of hydrogen-bond donors (Lipinski definition) is 3. The minimum atomic E-state index is -3.73. The Labute approximate surface area is 233 Å². The Bertz CT molecular complexity index is 1420. The van der Waals surface area contributed by atoms with Crippen molar-refractivity contribution >= 4 is 27.4 Å². The highest BCUT2D eigenvalue weighted by atomic mass is 32.2. The standard InChI is InChI=1S/C27H34N6O6S/c1-3-33-11-12-37-13-14-38-15-16-39-25-20(17-29-2)5-4-6-22(25)32-27(34)24-26(28)30-18-23(31-24)19-7-9-21(10-8-19)40(33,35)36/h4-10,18,29H,3,11-17H2,1-2H3,(H2,28,30)(H,32,34). The maximum Gasteiger partial charge on any atom is 0.278 e. The van der Waals surface area contributed by atoms with Gasteiger partial charge in [0.1, 0.15) is 12.4 Å². The average Bonchev–Trinajstić information content (AvgIpc) is 2.95.